The van der Waals surface area contributed by atoms with Crippen molar-refractivity contribution in [1.29, 1.82) is 0 Å². The average Bonchev–Trinajstić information content (AvgIpc) is 2.93. The fraction of sp³-hybridized carbons (Fsp3) is 0.412. The minimum absolute atomic E-state index is 0.279. The second-order valence-electron chi connectivity index (χ2n) is 5.40. The summed E-state index contributed by atoms with van der Waals surface area (Å²) in [4.78, 5) is 12.3. The first-order valence-corrected chi connectivity index (χ1v) is 8.30. The number of carbonyl (C=O) groups is 1. The van der Waals surface area contributed by atoms with Crippen LogP contribution >= 0.6 is 23.2 Å². The van der Waals surface area contributed by atoms with Crippen LogP contribution in [0, 0.1) is 13.8 Å². The molecule has 6 heteroatoms. The van der Waals surface area contributed by atoms with Crippen molar-refractivity contribution in [2.45, 2.75) is 40.0 Å². The normalized spacial score (nSPS) is 10.8. The van der Waals surface area contributed by atoms with Gasteiger partial charge in [0.1, 0.15) is 0 Å². The first-order chi connectivity index (χ1) is 11.0. The molecular formula is C17H19Cl2NO3. The van der Waals surface area contributed by atoms with E-state index in [1.165, 1.54) is 6.07 Å². The molecule has 0 unspecified atom stereocenters. The number of rotatable bonds is 6. The molecule has 0 saturated carbocycles. The van der Waals surface area contributed by atoms with Gasteiger partial charge in [0.05, 0.1) is 27.9 Å². The SMILES string of the molecule is CCCCCOC(=O)c1cc(Cl)c(Cl)c(-c2cc(C)no2)c1C. The van der Waals surface area contributed by atoms with Crippen LogP contribution in [0.2, 0.25) is 10.0 Å². The number of halogens is 2. The van der Waals surface area contributed by atoms with E-state index in [0.717, 1.165) is 25.0 Å². The number of esters is 1. The molecule has 0 spiro atoms. The minimum Gasteiger partial charge on any atom is -0.462 e. The summed E-state index contributed by atoms with van der Waals surface area (Å²) < 4.78 is 10.6. The number of ether oxygens (including phenoxy) is 1. The highest BCUT2D eigenvalue weighted by atomic mass is 35.5. The highest BCUT2D eigenvalue weighted by Crippen LogP contribution is 2.38. The lowest BCUT2D eigenvalue weighted by Crippen LogP contribution is -2.09. The van der Waals surface area contributed by atoms with Crippen LogP contribution in [0.1, 0.15) is 47.8 Å². The zero-order valence-corrected chi connectivity index (χ0v) is 14.9. The molecule has 0 radical (unpaired) electrons. The molecule has 1 heterocycles. The molecule has 4 nitrogen and oxygen atoms in total. The van der Waals surface area contributed by atoms with Crippen molar-refractivity contribution in [3.05, 3.63) is 39.0 Å². The van der Waals surface area contributed by atoms with E-state index in [0.29, 0.717) is 34.1 Å². The van der Waals surface area contributed by atoms with Gasteiger partial charge in [-0.05, 0) is 31.9 Å². The van der Waals surface area contributed by atoms with Crippen molar-refractivity contribution in [3.63, 3.8) is 0 Å². The van der Waals surface area contributed by atoms with Crippen molar-refractivity contribution in [2.24, 2.45) is 0 Å². The van der Waals surface area contributed by atoms with Gasteiger partial charge in [-0.3, -0.25) is 0 Å². The van der Waals surface area contributed by atoms with E-state index >= 15 is 0 Å². The van der Waals surface area contributed by atoms with Gasteiger partial charge in [0.25, 0.3) is 0 Å². The number of aryl methyl sites for hydroxylation is 1. The topological polar surface area (TPSA) is 52.3 Å². The summed E-state index contributed by atoms with van der Waals surface area (Å²) >= 11 is 12.5. The van der Waals surface area contributed by atoms with Crippen molar-refractivity contribution in [1.82, 2.24) is 5.16 Å². The van der Waals surface area contributed by atoms with Crippen LogP contribution in [0.15, 0.2) is 16.7 Å². The number of carbonyl (C=O) groups excluding carboxylic acids is 1. The molecule has 0 amide bonds. The average molecular weight is 356 g/mol. The number of aromatic nitrogens is 1. The Labute approximate surface area is 145 Å². The molecule has 0 aliphatic rings. The predicted molar refractivity (Wildman–Crippen MR) is 91.2 cm³/mol. The van der Waals surface area contributed by atoms with E-state index in [2.05, 4.69) is 12.1 Å². The number of nitrogens with zero attached hydrogens (tertiary/aromatic N) is 1. The third-order valence-corrected chi connectivity index (χ3v) is 4.34. The van der Waals surface area contributed by atoms with Crippen molar-refractivity contribution in [3.8, 4) is 11.3 Å². The second-order valence-corrected chi connectivity index (χ2v) is 6.18. The molecule has 23 heavy (non-hydrogen) atoms. The van der Waals surface area contributed by atoms with Crippen LogP contribution in [-0.2, 0) is 4.74 Å². The smallest absolute Gasteiger partial charge is 0.338 e. The first kappa shape index (κ1) is 17.8. The molecule has 0 bridgehead atoms. The van der Waals surface area contributed by atoms with Gasteiger partial charge in [0.2, 0.25) is 0 Å². The lowest BCUT2D eigenvalue weighted by molar-refractivity contribution is 0.0497. The minimum atomic E-state index is -0.408. The van der Waals surface area contributed by atoms with Crippen molar-refractivity contribution >= 4 is 29.2 Å². The maximum atomic E-state index is 12.3. The van der Waals surface area contributed by atoms with Crippen LogP contribution in [0.4, 0.5) is 0 Å². The predicted octanol–water partition coefficient (Wildman–Crippen LogP) is 5.61. The van der Waals surface area contributed by atoms with Gasteiger partial charge >= 0.3 is 5.97 Å². The molecule has 0 N–H and O–H groups in total. The molecule has 0 saturated heterocycles. The van der Waals surface area contributed by atoms with Gasteiger partial charge in [0, 0.05) is 11.6 Å². The standard InChI is InChI=1S/C17H19Cl2NO3/c1-4-5-6-7-22-17(21)12-9-13(18)16(19)15(11(12)3)14-8-10(2)20-23-14/h8-9H,4-7H2,1-3H3. The molecule has 1 aromatic heterocycles. The fourth-order valence-corrected chi connectivity index (χ4v) is 2.79. The summed E-state index contributed by atoms with van der Waals surface area (Å²) in [5, 5.41) is 4.47. The molecule has 0 atom stereocenters. The molecule has 124 valence electrons. The third-order valence-electron chi connectivity index (χ3n) is 3.55. The Bertz CT molecular complexity index is 710. The van der Waals surface area contributed by atoms with E-state index in [1.807, 2.05) is 6.92 Å². The maximum Gasteiger partial charge on any atom is 0.338 e. The number of hydrogen-bond donors (Lipinski definition) is 0. The zero-order chi connectivity index (χ0) is 17.0. The lowest BCUT2D eigenvalue weighted by atomic mass is 10.00. The molecule has 0 fully saturated rings. The third kappa shape index (κ3) is 4.06. The van der Waals surface area contributed by atoms with E-state index in [4.69, 9.17) is 32.5 Å². The molecule has 0 aliphatic heterocycles. The number of unbranched alkanes of at least 4 members (excludes halogenated alkanes) is 2. The molecule has 2 aromatic rings. The van der Waals surface area contributed by atoms with E-state index in [9.17, 15) is 4.79 Å². The monoisotopic (exact) mass is 355 g/mol. The summed E-state index contributed by atoms with van der Waals surface area (Å²) in [6.45, 7) is 6.08. The van der Waals surface area contributed by atoms with Crippen LogP contribution in [-0.4, -0.2) is 17.7 Å². The Morgan fingerprint density at radius 1 is 1.26 bits per heavy atom. The van der Waals surface area contributed by atoms with Gasteiger partial charge in [-0.1, -0.05) is 48.1 Å². The van der Waals surface area contributed by atoms with E-state index in [1.54, 1.807) is 13.0 Å². The van der Waals surface area contributed by atoms with Crippen molar-refractivity contribution in [2.75, 3.05) is 6.61 Å². The van der Waals surface area contributed by atoms with Crippen molar-refractivity contribution < 1.29 is 14.1 Å². The lowest BCUT2D eigenvalue weighted by Gasteiger charge is -2.12. The van der Waals surface area contributed by atoms with Gasteiger partial charge in [-0.25, -0.2) is 4.79 Å². The van der Waals surface area contributed by atoms with Gasteiger partial charge in [-0.15, -0.1) is 0 Å². The second kappa shape index (κ2) is 7.84. The van der Waals surface area contributed by atoms with Crippen LogP contribution < -0.4 is 0 Å². The van der Waals surface area contributed by atoms with Gasteiger partial charge in [-0.2, -0.15) is 0 Å². The van der Waals surface area contributed by atoms with Crippen LogP contribution in [0.5, 0.6) is 0 Å². The number of hydrogen-bond acceptors (Lipinski definition) is 4. The Hall–Kier alpha value is -1.52. The van der Waals surface area contributed by atoms with Gasteiger partial charge in [0.15, 0.2) is 5.76 Å². The molecule has 2 rings (SSSR count). The number of benzene rings is 1. The summed E-state index contributed by atoms with van der Waals surface area (Å²) in [7, 11) is 0. The van der Waals surface area contributed by atoms with Gasteiger partial charge < -0.3 is 9.26 Å². The summed E-state index contributed by atoms with van der Waals surface area (Å²) in [5.41, 5.74) is 2.34. The Balaban J connectivity index is 2.34. The highest BCUT2D eigenvalue weighted by molar-refractivity contribution is 6.44. The zero-order valence-electron chi connectivity index (χ0n) is 13.4. The quantitative estimate of drug-likeness (QED) is 0.498. The summed E-state index contributed by atoms with van der Waals surface area (Å²) in [6, 6.07) is 3.29. The molecule has 0 aliphatic carbocycles. The van der Waals surface area contributed by atoms with Crippen LogP contribution in [0.3, 0.4) is 0 Å². The highest BCUT2D eigenvalue weighted by Gasteiger charge is 2.22. The summed E-state index contributed by atoms with van der Waals surface area (Å²) in [5.74, 6) is 0.0715. The first-order valence-electron chi connectivity index (χ1n) is 7.55. The van der Waals surface area contributed by atoms with E-state index in [-0.39, 0.29) is 5.02 Å². The van der Waals surface area contributed by atoms with E-state index < -0.39 is 5.97 Å². The maximum absolute atomic E-state index is 12.3. The van der Waals surface area contributed by atoms with Crippen LogP contribution in [0.25, 0.3) is 11.3 Å². The summed E-state index contributed by atoms with van der Waals surface area (Å²) in [6.07, 6.45) is 2.94. The molecule has 1 aromatic carbocycles. The Kier molecular flexibility index (Phi) is 6.08. The Morgan fingerprint density at radius 3 is 2.61 bits per heavy atom. The molecular weight excluding hydrogens is 337 g/mol. The fourth-order valence-electron chi connectivity index (χ4n) is 2.30. The Morgan fingerprint density at radius 2 is 2.00 bits per heavy atom. The largest absolute Gasteiger partial charge is 0.462 e.